The van der Waals surface area contributed by atoms with Crippen molar-refractivity contribution in [3.05, 3.63) is 69.3 Å². The zero-order chi connectivity index (χ0) is 19.7. The Hall–Kier alpha value is -3.17. The average molecular weight is 383 g/mol. The predicted octanol–water partition coefficient (Wildman–Crippen LogP) is 3.11. The molecular weight excluding hydrogens is 370 g/mol. The quantitative estimate of drug-likeness (QED) is 0.354. The van der Waals surface area contributed by atoms with Gasteiger partial charge in [-0.15, -0.1) is 0 Å². The summed E-state index contributed by atoms with van der Waals surface area (Å²) < 4.78 is 54.8. The summed E-state index contributed by atoms with van der Waals surface area (Å²) in [5.41, 5.74) is -1.89. The number of nitrogens with zero attached hydrogens (tertiary/aromatic N) is 3. The maximum absolute atomic E-state index is 14.0. The highest BCUT2D eigenvalue weighted by atomic mass is 19.2. The number of hydrogen-bond donors (Lipinski definition) is 0. The van der Waals surface area contributed by atoms with Gasteiger partial charge in [-0.05, 0) is 12.1 Å². The number of piperazine rings is 1. The van der Waals surface area contributed by atoms with Crippen LogP contribution in [0.4, 0.5) is 28.9 Å². The molecule has 0 radical (unpaired) electrons. The van der Waals surface area contributed by atoms with Gasteiger partial charge >= 0.3 is 5.69 Å². The lowest BCUT2D eigenvalue weighted by atomic mass is 10.1. The molecule has 0 atom stereocenters. The minimum absolute atomic E-state index is 0.0550. The standard InChI is InChI=1S/C17H13F4N3O3/c18-11-3-1-2-4-12(11)22-5-7-23(8-6-22)17(25)10-9-13(24(26)27)15(20)16(21)14(10)19/h1-4,9H,5-8H2. The molecule has 10 heteroatoms. The fourth-order valence-corrected chi connectivity index (χ4v) is 2.91. The Kier molecular flexibility index (Phi) is 4.98. The van der Waals surface area contributed by atoms with Crippen LogP contribution in [0, 0.1) is 33.4 Å². The van der Waals surface area contributed by atoms with Crippen LogP contribution in [0.2, 0.25) is 0 Å². The van der Waals surface area contributed by atoms with Gasteiger partial charge in [0.15, 0.2) is 5.82 Å². The van der Waals surface area contributed by atoms with Gasteiger partial charge in [0.1, 0.15) is 5.82 Å². The Morgan fingerprint density at radius 3 is 2.19 bits per heavy atom. The Balaban J connectivity index is 1.80. The van der Waals surface area contributed by atoms with Gasteiger partial charge in [-0.2, -0.15) is 4.39 Å². The number of anilines is 1. The first-order chi connectivity index (χ1) is 12.8. The number of benzene rings is 2. The van der Waals surface area contributed by atoms with E-state index in [-0.39, 0.29) is 26.2 Å². The minimum atomic E-state index is -2.07. The summed E-state index contributed by atoms with van der Waals surface area (Å²) in [4.78, 5) is 24.8. The second-order valence-electron chi connectivity index (χ2n) is 5.87. The van der Waals surface area contributed by atoms with E-state index in [4.69, 9.17) is 0 Å². The molecule has 3 rings (SSSR count). The molecule has 0 N–H and O–H groups in total. The van der Waals surface area contributed by atoms with E-state index < -0.39 is 45.4 Å². The number of rotatable bonds is 3. The molecule has 1 aliphatic heterocycles. The molecule has 1 saturated heterocycles. The highest BCUT2D eigenvalue weighted by Crippen LogP contribution is 2.27. The van der Waals surface area contributed by atoms with Crippen molar-refractivity contribution in [1.29, 1.82) is 0 Å². The van der Waals surface area contributed by atoms with E-state index in [9.17, 15) is 32.5 Å². The number of nitro benzene ring substituents is 1. The zero-order valence-electron chi connectivity index (χ0n) is 13.8. The molecule has 6 nitrogen and oxygen atoms in total. The number of halogens is 4. The van der Waals surface area contributed by atoms with E-state index in [0.29, 0.717) is 11.8 Å². The summed E-state index contributed by atoms with van der Waals surface area (Å²) in [6.07, 6.45) is 0. The normalized spacial score (nSPS) is 14.4. The number of carbonyl (C=O) groups is 1. The Labute approximate surface area is 150 Å². The number of para-hydroxylation sites is 1. The largest absolute Gasteiger partial charge is 0.366 e. The van der Waals surface area contributed by atoms with E-state index in [2.05, 4.69) is 0 Å². The summed E-state index contributed by atoms with van der Waals surface area (Å²) in [7, 11) is 0. The summed E-state index contributed by atoms with van der Waals surface area (Å²) >= 11 is 0. The number of hydrogen-bond acceptors (Lipinski definition) is 4. The van der Waals surface area contributed by atoms with Crippen molar-refractivity contribution >= 4 is 17.3 Å². The summed E-state index contributed by atoms with van der Waals surface area (Å²) in [6.45, 7) is 0.554. The van der Waals surface area contributed by atoms with Crippen LogP contribution in [-0.4, -0.2) is 41.9 Å². The SMILES string of the molecule is O=C(c1cc([N+](=O)[O-])c(F)c(F)c1F)N1CCN(c2ccccc2F)CC1. The topological polar surface area (TPSA) is 66.7 Å². The van der Waals surface area contributed by atoms with E-state index in [1.54, 1.807) is 17.0 Å². The first-order valence-corrected chi connectivity index (χ1v) is 7.92. The highest BCUT2D eigenvalue weighted by Gasteiger charge is 2.32. The van der Waals surface area contributed by atoms with Gasteiger partial charge in [0.05, 0.1) is 16.2 Å². The van der Waals surface area contributed by atoms with Gasteiger partial charge in [0, 0.05) is 32.2 Å². The number of carbonyl (C=O) groups excluding carboxylic acids is 1. The molecule has 2 aromatic carbocycles. The van der Waals surface area contributed by atoms with Crippen molar-refractivity contribution < 1.29 is 27.3 Å². The monoisotopic (exact) mass is 383 g/mol. The van der Waals surface area contributed by atoms with Gasteiger partial charge in [0.2, 0.25) is 11.6 Å². The van der Waals surface area contributed by atoms with Crippen molar-refractivity contribution in [1.82, 2.24) is 4.90 Å². The van der Waals surface area contributed by atoms with Crippen LogP contribution < -0.4 is 4.90 Å². The third-order valence-corrected chi connectivity index (χ3v) is 4.31. The Bertz CT molecular complexity index is 915. The summed E-state index contributed by atoms with van der Waals surface area (Å²) in [6, 6.07) is 6.45. The zero-order valence-corrected chi connectivity index (χ0v) is 13.8. The molecule has 1 aliphatic rings. The Morgan fingerprint density at radius 2 is 1.59 bits per heavy atom. The van der Waals surface area contributed by atoms with Crippen molar-refractivity contribution in [3.8, 4) is 0 Å². The van der Waals surface area contributed by atoms with E-state index >= 15 is 0 Å². The van der Waals surface area contributed by atoms with Crippen LogP contribution >= 0.6 is 0 Å². The molecule has 1 heterocycles. The number of amides is 1. The van der Waals surface area contributed by atoms with Crippen LogP contribution in [0.3, 0.4) is 0 Å². The lowest BCUT2D eigenvalue weighted by Gasteiger charge is -2.36. The molecule has 0 aliphatic carbocycles. The van der Waals surface area contributed by atoms with Crippen LogP contribution in [0.1, 0.15) is 10.4 Å². The van der Waals surface area contributed by atoms with Crippen LogP contribution in [0.15, 0.2) is 30.3 Å². The fourth-order valence-electron chi connectivity index (χ4n) is 2.91. The van der Waals surface area contributed by atoms with Gasteiger partial charge < -0.3 is 9.80 Å². The van der Waals surface area contributed by atoms with Gasteiger partial charge in [-0.25, -0.2) is 13.2 Å². The van der Waals surface area contributed by atoms with Gasteiger partial charge in [-0.1, -0.05) is 12.1 Å². The number of nitro groups is 1. The second-order valence-corrected chi connectivity index (χ2v) is 5.87. The van der Waals surface area contributed by atoms with Crippen molar-refractivity contribution in [3.63, 3.8) is 0 Å². The predicted molar refractivity (Wildman–Crippen MR) is 87.5 cm³/mol. The lowest BCUT2D eigenvalue weighted by Crippen LogP contribution is -2.49. The fraction of sp³-hybridized carbons (Fsp3) is 0.235. The van der Waals surface area contributed by atoms with E-state index in [1.165, 1.54) is 12.1 Å². The molecule has 0 aromatic heterocycles. The van der Waals surface area contributed by atoms with Gasteiger partial charge in [0.25, 0.3) is 5.91 Å². The van der Waals surface area contributed by atoms with Crippen molar-refractivity contribution in [2.45, 2.75) is 0 Å². The van der Waals surface area contributed by atoms with Crippen molar-refractivity contribution in [2.75, 3.05) is 31.1 Å². The first kappa shape index (κ1) is 18.6. The highest BCUT2D eigenvalue weighted by molar-refractivity contribution is 5.95. The molecule has 0 spiro atoms. The maximum Gasteiger partial charge on any atom is 0.308 e. The molecule has 1 amide bonds. The van der Waals surface area contributed by atoms with E-state index in [1.807, 2.05) is 0 Å². The smallest absolute Gasteiger partial charge is 0.308 e. The van der Waals surface area contributed by atoms with Crippen LogP contribution in [0.5, 0.6) is 0 Å². The molecule has 0 unspecified atom stereocenters. The molecule has 2 aromatic rings. The third kappa shape index (κ3) is 3.42. The molecule has 1 fully saturated rings. The maximum atomic E-state index is 14.0. The van der Waals surface area contributed by atoms with E-state index in [0.717, 1.165) is 4.90 Å². The molecule has 0 saturated carbocycles. The Morgan fingerprint density at radius 1 is 0.963 bits per heavy atom. The van der Waals surface area contributed by atoms with Crippen LogP contribution in [-0.2, 0) is 0 Å². The molecular formula is C17H13F4N3O3. The summed E-state index contributed by atoms with van der Waals surface area (Å²) in [5.74, 6) is -7.24. The first-order valence-electron chi connectivity index (χ1n) is 7.92. The van der Waals surface area contributed by atoms with Crippen LogP contribution in [0.25, 0.3) is 0 Å². The molecule has 142 valence electrons. The molecule has 0 bridgehead atoms. The van der Waals surface area contributed by atoms with Crippen molar-refractivity contribution in [2.24, 2.45) is 0 Å². The minimum Gasteiger partial charge on any atom is -0.366 e. The second kappa shape index (κ2) is 7.22. The lowest BCUT2D eigenvalue weighted by molar-refractivity contribution is -0.387. The summed E-state index contributed by atoms with van der Waals surface area (Å²) in [5, 5.41) is 10.8. The third-order valence-electron chi connectivity index (χ3n) is 4.31. The van der Waals surface area contributed by atoms with Gasteiger partial charge in [-0.3, -0.25) is 14.9 Å². The average Bonchev–Trinajstić information content (AvgIpc) is 2.66. The molecule has 27 heavy (non-hydrogen) atoms.